The van der Waals surface area contributed by atoms with E-state index in [4.69, 9.17) is 0 Å². The van der Waals surface area contributed by atoms with Crippen molar-refractivity contribution < 1.29 is 9.18 Å². The molecule has 25 heavy (non-hydrogen) atoms. The van der Waals surface area contributed by atoms with Gasteiger partial charge >= 0.3 is 0 Å². The smallest absolute Gasteiger partial charge is 0.254 e. The van der Waals surface area contributed by atoms with Crippen LogP contribution in [0.15, 0.2) is 42.5 Å². The summed E-state index contributed by atoms with van der Waals surface area (Å²) in [4.78, 5) is 14.9. The molecule has 1 saturated carbocycles. The summed E-state index contributed by atoms with van der Waals surface area (Å²) in [6.07, 6.45) is 2.03. The number of aryl methyl sites for hydroxylation is 1. The second kappa shape index (κ2) is 6.27. The SMILES string of the molecule is CCn1nnc2cc(C(=O)N(Cc3ccc(F)cc3)C3CC3)ccc21. The lowest BCUT2D eigenvalue weighted by molar-refractivity contribution is 0.0730. The Labute approximate surface area is 145 Å². The molecular formula is C19H19FN4O. The molecule has 2 aromatic carbocycles. The molecule has 4 rings (SSSR count). The van der Waals surface area contributed by atoms with E-state index < -0.39 is 0 Å². The number of carbonyl (C=O) groups is 1. The number of halogens is 1. The Kier molecular flexibility index (Phi) is 3.95. The van der Waals surface area contributed by atoms with E-state index in [2.05, 4.69) is 10.3 Å². The molecule has 128 valence electrons. The molecule has 6 heteroatoms. The van der Waals surface area contributed by atoms with Crippen LogP contribution in [0, 0.1) is 5.82 Å². The fourth-order valence-corrected chi connectivity index (χ4v) is 3.04. The quantitative estimate of drug-likeness (QED) is 0.716. The molecule has 0 atom stereocenters. The van der Waals surface area contributed by atoms with Crippen LogP contribution in [0.5, 0.6) is 0 Å². The number of amides is 1. The van der Waals surface area contributed by atoms with Gasteiger partial charge in [-0.25, -0.2) is 9.07 Å². The number of fused-ring (bicyclic) bond motifs is 1. The number of aromatic nitrogens is 3. The van der Waals surface area contributed by atoms with Crippen molar-refractivity contribution in [2.75, 3.05) is 0 Å². The summed E-state index contributed by atoms with van der Waals surface area (Å²) in [5.74, 6) is -0.280. The van der Waals surface area contributed by atoms with Gasteiger partial charge in [-0.2, -0.15) is 0 Å². The Balaban J connectivity index is 1.61. The maximum absolute atomic E-state index is 13.1. The molecule has 1 fully saturated rings. The first-order valence-electron chi connectivity index (χ1n) is 8.54. The average Bonchev–Trinajstić information content (AvgIpc) is 3.39. The van der Waals surface area contributed by atoms with Crippen molar-refractivity contribution in [1.82, 2.24) is 19.9 Å². The number of hydrogen-bond donors (Lipinski definition) is 0. The van der Waals surface area contributed by atoms with Crippen molar-refractivity contribution in [2.24, 2.45) is 0 Å². The molecule has 1 aliphatic rings. The Bertz CT molecular complexity index is 915. The fourth-order valence-electron chi connectivity index (χ4n) is 3.04. The third-order valence-corrected chi connectivity index (χ3v) is 4.58. The largest absolute Gasteiger partial charge is 0.331 e. The summed E-state index contributed by atoms with van der Waals surface area (Å²) in [6, 6.07) is 12.1. The summed E-state index contributed by atoms with van der Waals surface area (Å²) in [5, 5.41) is 8.24. The third-order valence-electron chi connectivity index (χ3n) is 4.58. The zero-order chi connectivity index (χ0) is 17.4. The lowest BCUT2D eigenvalue weighted by atomic mass is 10.1. The van der Waals surface area contributed by atoms with Gasteiger partial charge in [0.1, 0.15) is 11.3 Å². The Morgan fingerprint density at radius 2 is 2.00 bits per heavy atom. The van der Waals surface area contributed by atoms with E-state index in [1.807, 2.05) is 24.0 Å². The number of benzene rings is 2. The molecule has 1 amide bonds. The van der Waals surface area contributed by atoms with E-state index >= 15 is 0 Å². The van der Waals surface area contributed by atoms with E-state index in [0.29, 0.717) is 12.1 Å². The predicted octanol–water partition coefficient (Wildman–Crippen LogP) is 3.40. The molecule has 0 unspecified atom stereocenters. The minimum atomic E-state index is -0.266. The molecule has 1 aromatic heterocycles. The van der Waals surface area contributed by atoms with Gasteiger partial charge in [-0.15, -0.1) is 5.10 Å². The molecule has 1 heterocycles. The molecule has 1 aliphatic carbocycles. The van der Waals surface area contributed by atoms with Crippen molar-refractivity contribution in [3.05, 3.63) is 59.4 Å². The van der Waals surface area contributed by atoms with Crippen molar-refractivity contribution in [3.63, 3.8) is 0 Å². The van der Waals surface area contributed by atoms with Crippen LogP contribution in [0.1, 0.15) is 35.7 Å². The van der Waals surface area contributed by atoms with Gasteiger partial charge in [0.25, 0.3) is 5.91 Å². The van der Waals surface area contributed by atoms with E-state index in [0.717, 1.165) is 36.0 Å². The molecule has 0 N–H and O–H groups in total. The van der Waals surface area contributed by atoms with Gasteiger partial charge in [0, 0.05) is 24.7 Å². The average molecular weight is 338 g/mol. The number of carbonyl (C=O) groups excluding carboxylic acids is 1. The highest BCUT2D eigenvalue weighted by Gasteiger charge is 2.33. The van der Waals surface area contributed by atoms with E-state index in [1.54, 1.807) is 22.9 Å². The second-order valence-electron chi connectivity index (χ2n) is 6.40. The van der Waals surface area contributed by atoms with Crippen LogP contribution in [-0.2, 0) is 13.1 Å². The summed E-state index contributed by atoms with van der Waals surface area (Å²) in [7, 11) is 0. The molecule has 0 aliphatic heterocycles. The molecule has 0 saturated heterocycles. The molecule has 5 nitrogen and oxygen atoms in total. The first kappa shape index (κ1) is 15.7. The third kappa shape index (κ3) is 3.12. The van der Waals surface area contributed by atoms with E-state index in [-0.39, 0.29) is 17.8 Å². The topological polar surface area (TPSA) is 51.0 Å². The monoisotopic (exact) mass is 338 g/mol. The molecule has 0 radical (unpaired) electrons. The molecule has 3 aromatic rings. The summed E-state index contributed by atoms with van der Waals surface area (Å²) < 4.78 is 14.9. The maximum atomic E-state index is 13.1. The maximum Gasteiger partial charge on any atom is 0.254 e. The summed E-state index contributed by atoms with van der Waals surface area (Å²) >= 11 is 0. The van der Waals surface area contributed by atoms with E-state index in [1.165, 1.54) is 12.1 Å². The van der Waals surface area contributed by atoms with Crippen molar-refractivity contribution in [2.45, 2.75) is 38.9 Å². The second-order valence-corrected chi connectivity index (χ2v) is 6.40. The zero-order valence-corrected chi connectivity index (χ0v) is 14.0. The van der Waals surface area contributed by atoms with Gasteiger partial charge in [-0.1, -0.05) is 17.3 Å². The standard InChI is InChI=1S/C19H19FN4O/c1-2-24-18-10-5-14(11-17(18)21-22-24)19(25)23(16-8-9-16)12-13-3-6-15(20)7-4-13/h3-7,10-11,16H,2,8-9,12H2,1H3. The molecule has 0 bridgehead atoms. The highest BCUT2D eigenvalue weighted by atomic mass is 19.1. The summed E-state index contributed by atoms with van der Waals surface area (Å²) in [6.45, 7) is 3.23. The predicted molar refractivity (Wildman–Crippen MR) is 92.5 cm³/mol. The van der Waals surface area contributed by atoms with Crippen LogP contribution in [0.2, 0.25) is 0 Å². The molecule has 0 spiro atoms. The number of nitrogens with zero attached hydrogens (tertiary/aromatic N) is 4. The Morgan fingerprint density at radius 3 is 2.68 bits per heavy atom. The van der Waals surface area contributed by atoms with Crippen LogP contribution in [0.4, 0.5) is 4.39 Å². The highest BCUT2D eigenvalue weighted by Crippen LogP contribution is 2.30. The van der Waals surface area contributed by atoms with Crippen LogP contribution in [0.3, 0.4) is 0 Å². The highest BCUT2D eigenvalue weighted by molar-refractivity contribution is 5.97. The van der Waals surface area contributed by atoms with Gasteiger partial charge in [0.05, 0.1) is 5.52 Å². The van der Waals surface area contributed by atoms with Gasteiger partial charge in [0.15, 0.2) is 0 Å². The summed E-state index contributed by atoms with van der Waals surface area (Å²) in [5.41, 5.74) is 3.20. The fraction of sp³-hybridized carbons (Fsp3) is 0.316. The zero-order valence-electron chi connectivity index (χ0n) is 14.0. The van der Waals surface area contributed by atoms with Crippen LogP contribution in [-0.4, -0.2) is 31.8 Å². The van der Waals surface area contributed by atoms with Crippen molar-refractivity contribution in [3.8, 4) is 0 Å². The van der Waals surface area contributed by atoms with Gasteiger partial charge in [0.2, 0.25) is 0 Å². The van der Waals surface area contributed by atoms with Gasteiger partial charge in [-0.3, -0.25) is 4.79 Å². The number of hydrogen-bond acceptors (Lipinski definition) is 3. The molecular weight excluding hydrogens is 319 g/mol. The first-order valence-corrected chi connectivity index (χ1v) is 8.54. The van der Waals surface area contributed by atoms with Gasteiger partial charge in [-0.05, 0) is 55.7 Å². The normalized spacial score (nSPS) is 14.0. The lowest BCUT2D eigenvalue weighted by Gasteiger charge is -2.22. The Morgan fingerprint density at radius 1 is 1.24 bits per heavy atom. The first-order chi connectivity index (χ1) is 12.2. The number of rotatable bonds is 5. The van der Waals surface area contributed by atoms with Crippen LogP contribution >= 0.6 is 0 Å². The van der Waals surface area contributed by atoms with Crippen LogP contribution < -0.4 is 0 Å². The van der Waals surface area contributed by atoms with E-state index in [9.17, 15) is 9.18 Å². The lowest BCUT2D eigenvalue weighted by Crippen LogP contribution is -2.32. The van der Waals surface area contributed by atoms with Crippen molar-refractivity contribution >= 4 is 16.9 Å². The Hall–Kier alpha value is -2.76. The van der Waals surface area contributed by atoms with Gasteiger partial charge < -0.3 is 4.90 Å². The minimum Gasteiger partial charge on any atom is -0.331 e. The van der Waals surface area contributed by atoms with Crippen molar-refractivity contribution in [1.29, 1.82) is 0 Å². The minimum absolute atomic E-state index is 0.0141. The van der Waals surface area contributed by atoms with Crippen LogP contribution in [0.25, 0.3) is 11.0 Å².